The van der Waals surface area contributed by atoms with Gasteiger partial charge in [0.15, 0.2) is 18.1 Å². The molecule has 0 fully saturated rings. The first-order chi connectivity index (χ1) is 14.9. The third-order valence-corrected chi connectivity index (χ3v) is 5.45. The molecule has 3 aromatic rings. The third-order valence-electron chi connectivity index (χ3n) is 4.62. The van der Waals surface area contributed by atoms with E-state index in [0.717, 1.165) is 28.1 Å². The highest BCUT2D eigenvalue weighted by molar-refractivity contribution is 9.10. The summed E-state index contributed by atoms with van der Waals surface area (Å²) in [5, 5.41) is 6.89. The molecule has 5 nitrogen and oxygen atoms in total. The van der Waals surface area contributed by atoms with E-state index in [1.165, 1.54) is 0 Å². The van der Waals surface area contributed by atoms with Crippen molar-refractivity contribution in [2.45, 2.75) is 20.4 Å². The topological polar surface area (TPSA) is 59.6 Å². The molecule has 0 aliphatic carbocycles. The number of nitrogens with one attached hydrogen (secondary N) is 2. The van der Waals surface area contributed by atoms with E-state index in [4.69, 9.17) is 21.1 Å². The minimum absolute atomic E-state index is 0.137. The summed E-state index contributed by atoms with van der Waals surface area (Å²) < 4.78 is 11.9. The van der Waals surface area contributed by atoms with Crippen LogP contribution in [0.15, 0.2) is 59.1 Å². The van der Waals surface area contributed by atoms with Gasteiger partial charge in [-0.25, -0.2) is 0 Å². The number of anilines is 2. The maximum atomic E-state index is 12.3. The second kappa shape index (κ2) is 10.6. The number of hydrogen-bond donors (Lipinski definition) is 2. The Balaban J connectivity index is 1.66. The van der Waals surface area contributed by atoms with Crippen LogP contribution in [0.2, 0.25) is 5.02 Å². The molecule has 0 spiro atoms. The number of ether oxygens (including phenoxy) is 2. The SMILES string of the molecule is COc1cc(CNc2cc(Cl)ccc2C)cc(Br)c1OCC(=O)Nc1cccc(C)c1. The van der Waals surface area contributed by atoms with E-state index in [0.29, 0.717) is 27.5 Å². The molecule has 0 unspecified atom stereocenters. The van der Waals surface area contributed by atoms with Crippen LogP contribution in [0.1, 0.15) is 16.7 Å². The van der Waals surface area contributed by atoms with Crippen LogP contribution in [-0.2, 0) is 11.3 Å². The maximum Gasteiger partial charge on any atom is 0.262 e. The molecule has 0 aromatic heterocycles. The number of carbonyl (C=O) groups excluding carboxylic acids is 1. The average Bonchev–Trinajstić information content (AvgIpc) is 2.73. The number of rotatable bonds is 8. The fraction of sp³-hybridized carbons (Fsp3) is 0.208. The third kappa shape index (κ3) is 6.39. The number of aryl methyl sites for hydroxylation is 2. The summed E-state index contributed by atoms with van der Waals surface area (Å²) in [5.41, 5.74) is 4.86. The Labute approximate surface area is 195 Å². The van der Waals surface area contributed by atoms with Gasteiger partial charge in [-0.3, -0.25) is 4.79 Å². The zero-order valence-electron chi connectivity index (χ0n) is 17.6. The van der Waals surface area contributed by atoms with Crippen molar-refractivity contribution in [3.8, 4) is 11.5 Å². The van der Waals surface area contributed by atoms with Gasteiger partial charge in [0.05, 0.1) is 11.6 Å². The summed E-state index contributed by atoms with van der Waals surface area (Å²) in [6, 6.07) is 17.1. The molecule has 3 aromatic carbocycles. The van der Waals surface area contributed by atoms with E-state index in [9.17, 15) is 4.79 Å². The Kier molecular flexibility index (Phi) is 7.82. The summed E-state index contributed by atoms with van der Waals surface area (Å²) in [7, 11) is 1.57. The highest BCUT2D eigenvalue weighted by Crippen LogP contribution is 2.37. The summed E-state index contributed by atoms with van der Waals surface area (Å²) in [4.78, 5) is 12.3. The van der Waals surface area contributed by atoms with E-state index >= 15 is 0 Å². The predicted octanol–water partition coefficient (Wildman–Crippen LogP) is 6.36. The van der Waals surface area contributed by atoms with E-state index < -0.39 is 0 Å². The molecule has 0 saturated heterocycles. The second-order valence-corrected chi connectivity index (χ2v) is 8.42. The van der Waals surface area contributed by atoms with E-state index in [-0.39, 0.29) is 12.5 Å². The Hall–Kier alpha value is -2.70. The van der Waals surface area contributed by atoms with Gasteiger partial charge < -0.3 is 20.1 Å². The van der Waals surface area contributed by atoms with Crippen molar-refractivity contribution in [3.63, 3.8) is 0 Å². The molecule has 0 heterocycles. The molecule has 3 rings (SSSR count). The Morgan fingerprint density at radius 3 is 2.65 bits per heavy atom. The van der Waals surface area contributed by atoms with Gasteiger partial charge in [-0.05, 0) is 82.9 Å². The fourth-order valence-electron chi connectivity index (χ4n) is 3.05. The van der Waals surface area contributed by atoms with Crippen molar-refractivity contribution in [1.82, 2.24) is 0 Å². The maximum absolute atomic E-state index is 12.3. The number of carbonyl (C=O) groups is 1. The summed E-state index contributed by atoms with van der Waals surface area (Å²) in [5.74, 6) is 0.767. The van der Waals surface area contributed by atoms with Crippen molar-refractivity contribution in [2.24, 2.45) is 0 Å². The van der Waals surface area contributed by atoms with Crippen molar-refractivity contribution in [2.75, 3.05) is 24.4 Å². The highest BCUT2D eigenvalue weighted by Gasteiger charge is 2.14. The van der Waals surface area contributed by atoms with Crippen molar-refractivity contribution in [3.05, 3.63) is 80.8 Å². The molecular formula is C24H24BrClN2O3. The van der Waals surface area contributed by atoms with Gasteiger partial charge in [0.25, 0.3) is 5.91 Å². The number of benzene rings is 3. The van der Waals surface area contributed by atoms with Crippen LogP contribution in [0.3, 0.4) is 0 Å². The zero-order valence-corrected chi connectivity index (χ0v) is 19.9. The van der Waals surface area contributed by atoms with Crippen LogP contribution in [0.4, 0.5) is 11.4 Å². The molecule has 0 radical (unpaired) electrons. The molecular weight excluding hydrogens is 480 g/mol. The minimum Gasteiger partial charge on any atom is -0.493 e. The van der Waals surface area contributed by atoms with E-state index in [1.54, 1.807) is 7.11 Å². The molecule has 162 valence electrons. The molecule has 31 heavy (non-hydrogen) atoms. The first-order valence-electron chi connectivity index (χ1n) is 9.71. The first-order valence-corrected chi connectivity index (χ1v) is 10.9. The predicted molar refractivity (Wildman–Crippen MR) is 130 cm³/mol. The van der Waals surface area contributed by atoms with Gasteiger partial charge in [-0.1, -0.05) is 29.8 Å². The Morgan fingerprint density at radius 1 is 1.10 bits per heavy atom. The van der Waals surface area contributed by atoms with Gasteiger partial charge in [0.1, 0.15) is 0 Å². The molecule has 1 amide bonds. The molecule has 0 atom stereocenters. The van der Waals surface area contributed by atoms with Gasteiger partial charge in [0.2, 0.25) is 0 Å². The number of methoxy groups -OCH3 is 1. The highest BCUT2D eigenvalue weighted by atomic mass is 79.9. The van der Waals surface area contributed by atoms with Crippen LogP contribution in [0, 0.1) is 13.8 Å². The van der Waals surface area contributed by atoms with Gasteiger partial charge in [-0.15, -0.1) is 0 Å². The zero-order chi connectivity index (χ0) is 22.4. The lowest BCUT2D eigenvalue weighted by Crippen LogP contribution is -2.20. The normalized spacial score (nSPS) is 10.5. The van der Waals surface area contributed by atoms with Gasteiger partial charge in [-0.2, -0.15) is 0 Å². The lowest BCUT2D eigenvalue weighted by atomic mass is 10.1. The van der Waals surface area contributed by atoms with Crippen molar-refractivity contribution in [1.29, 1.82) is 0 Å². The van der Waals surface area contributed by atoms with Crippen LogP contribution < -0.4 is 20.1 Å². The van der Waals surface area contributed by atoms with Crippen molar-refractivity contribution < 1.29 is 14.3 Å². The van der Waals surface area contributed by atoms with Crippen LogP contribution >= 0.6 is 27.5 Å². The average molecular weight is 504 g/mol. The summed E-state index contributed by atoms with van der Waals surface area (Å²) in [6.07, 6.45) is 0. The van der Waals surface area contributed by atoms with Gasteiger partial charge >= 0.3 is 0 Å². The van der Waals surface area contributed by atoms with Crippen molar-refractivity contribution >= 4 is 44.8 Å². The lowest BCUT2D eigenvalue weighted by Gasteiger charge is -2.16. The molecule has 0 saturated carbocycles. The van der Waals surface area contributed by atoms with Gasteiger partial charge in [0, 0.05) is 22.9 Å². The largest absolute Gasteiger partial charge is 0.493 e. The summed E-state index contributed by atoms with van der Waals surface area (Å²) >= 11 is 9.63. The Bertz CT molecular complexity index is 1090. The molecule has 0 aliphatic heterocycles. The minimum atomic E-state index is -0.248. The van der Waals surface area contributed by atoms with E-state index in [1.807, 2.05) is 68.4 Å². The molecule has 0 aliphatic rings. The quantitative estimate of drug-likeness (QED) is 0.376. The number of amides is 1. The standard InChI is InChI=1S/C24H24BrClN2O3/c1-15-5-4-6-19(9-15)28-23(29)14-31-24-20(25)10-17(11-22(24)30-3)13-27-21-12-18(26)8-7-16(21)2/h4-12,27H,13-14H2,1-3H3,(H,28,29). The van der Waals surface area contributed by atoms with Crippen LogP contribution in [0.5, 0.6) is 11.5 Å². The second-order valence-electron chi connectivity index (χ2n) is 7.13. The monoisotopic (exact) mass is 502 g/mol. The van der Waals surface area contributed by atoms with Crippen LogP contribution in [-0.4, -0.2) is 19.6 Å². The van der Waals surface area contributed by atoms with Crippen LogP contribution in [0.25, 0.3) is 0 Å². The molecule has 2 N–H and O–H groups in total. The molecule has 7 heteroatoms. The smallest absolute Gasteiger partial charge is 0.262 e. The Morgan fingerprint density at radius 2 is 1.90 bits per heavy atom. The number of hydrogen-bond acceptors (Lipinski definition) is 4. The van der Waals surface area contributed by atoms with E-state index in [2.05, 4.69) is 26.6 Å². The number of halogens is 2. The lowest BCUT2D eigenvalue weighted by molar-refractivity contribution is -0.118. The first kappa shape index (κ1) is 23.0. The fourth-order valence-corrected chi connectivity index (χ4v) is 3.83. The molecule has 0 bridgehead atoms. The summed E-state index contributed by atoms with van der Waals surface area (Å²) in [6.45, 7) is 4.43.